The zero-order chi connectivity index (χ0) is 35.7. The molecule has 54 heavy (non-hydrogen) atoms. The number of fused-ring (bicyclic) bond motifs is 13. The van der Waals surface area contributed by atoms with E-state index in [9.17, 15) is 0 Å². The molecule has 0 saturated heterocycles. The Balaban J connectivity index is 1.13. The van der Waals surface area contributed by atoms with Gasteiger partial charge in [0.2, 0.25) is 0 Å². The van der Waals surface area contributed by atoms with Gasteiger partial charge in [0.15, 0.2) is 0 Å². The number of hydrogen-bond acceptors (Lipinski definition) is 3. The highest BCUT2D eigenvalue weighted by Crippen LogP contribution is 2.55. The molecule has 1 aliphatic rings. The molecule has 8 aromatic carbocycles. The van der Waals surface area contributed by atoms with Crippen LogP contribution in [0.25, 0.3) is 105 Å². The van der Waals surface area contributed by atoms with E-state index in [0.717, 1.165) is 0 Å². The van der Waals surface area contributed by atoms with Gasteiger partial charge in [-0.25, -0.2) is 0 Å². The Kier molecular flexibility index (Phi) is 6.41. The minimum Gasteiger partial charge on any atom is -0.135 e. The first-order chi connectivity index (χ1) is 26.5. The lowest BCUT2D eigenvalue weighted by atomic mass is 9.82. The van der Waals surface area contributed by atoms with Crippen molar-refractivity contribution in [2.75, 3.05) is 0 Å². The van der Waals surface area contributed by atoms with Crippen LogP contribution in [-0.2, 0) is 5.41 Å². The molecule has 3 heteroatoms. The first-order valence-electron chi connectivity index (χ1n) is 18.6. The standard InChI is InChI=1S/C51H32S3/c1-51(2)42-23-21-29(28-41(42)47-43(51)24-22-40-37-13-5-8-20-46(37)54-50(40)47)30-25-31(33-14-9-16-38-35-11-3-6-18-44(35)52-48(33)38)27-32(26-30)34-15-10-17-39-36-12-4-7-19-45(36)53-49(34)39/h3-28H,1-2H3. The van der Waals surface area contributed by atoms with E-state index in [1.807, 2.05) is 34.0 Å². The number of hydrogen-bond donors (Lipinski definition) is 0. The van der Waals surface area contributed by atoms with Gasteiger partial charge in [0.1, 0.15) is 0 Å². The van der Waals surface area contributed by atoms with E-state index < -0.39 is 0 Å². The van der Waals surface area contributed by atoms with Crippen LogP contribution in [0.5, 0.6) is 0 Å². The normalized spacial score (nSPS) is 13.5. The summed E-state index contributed by atoms with van der Waals surface area (Å²) < 4.78 is 8.11. The highest BCUT2D eigenvalue weighted by Gasteiger charge is 2.37. The third-order valence-corrected chi connectivity index (χ3v) is 15.5. The maximum absolute atomic E-state index is 2.50. The average Bonchev–Trinajstić information content (AvgIpc) is 3.95. The van der Waals surface area contributed by atoms with Crippen molar-refractivity contribution in [3.8, 4) is 44.5 Å². The van der Waals surface area contributed by atoms with E-state index in [4.69, 9.17) is 0 Å². The van der Waals surface area contributed by atoms with Crippen molar-refractivity contribution in [1.82, 2.24) is 0 Å². The third-order valence-electron chi connectivity index (χ3n) is 11.9. The lowest BCUT2D eigenvalue weighted by molar-refractivity contribution is 0.661. The smallest absolute Gasteiger partial charge is 0.0437 e. The number of thiophene rings is 3. The van der Waals surface area contributed by atoms with Gasteiger partial charge in [-0.2, -0.15) is 0 Å². The Labute approximate surface area is 325 Å². The van der Waals surface area contributed by atoms with Crippen LogP contribution in [0, 0.1) is 0 Å². The second-order valence-electron chi connectivity index (χ2n) is 15.2. The van der Waals surface area contributed by atoms with Crippen molar-refractivity contribution in [1.29, 1.82) is 0 Å². The minimum atomic E-state index is -0.0752. The van der Waals surface area contributed by atoms with Gasteiger partial charge in [-0.3, -0.25) is 0 Å². The van der Waals surface area contributed by atoms with Crippen LogP contribution in [0.2, 0.25) is 0 Å². The molecule has 0 radical (unpaired) electrons. The summed E-state index contributed by atoms with van der Waals surface area (Å²) in [6.45, 7) is 4.79. The van der Waals surface area contributed by atoms with Gasteiger partial charge < -0.3 is 0 Å². The zero-order valence-corrected chi connectivity index (χ0v) is 32.2. The molecule has 0 spiro atoms. The summed E-state index contributed by atoms with van der Waals surface area (Å²) >= 11 is 5.75. The van der Waals surface area contributed by atoms with E-state index in [-0.39, 0.29) is 5.41 Å². The van der Waals surface area contributed by atoms with Crippen LogP contribution in [0.4, 0.5) is 0 Å². The van der Waals surface area contributed by atoms with Gasteiger partial charge in [0.25, 0.3) is 0 Å². The van der Waals surface area contributed by atoms with E-state index in [1.54, 1.807) is 0 Å². The van der Waals surface area contributed by atoms with Crippen molar-refractivity contribution in [2.45, 2.75) is 19.3 Å². The molecule has 0 aliphatic heterocycles. The topological polar surface area (TPSA) is 0 Å². The van der Waals surface area contributed by atoms with Crippen LogP contribution in [0.15, 0.2) is 158 Å². The van der Waals surface area contributed by atoms with Crippen molar-refractivity contribution in [2.24, 2.45) is 0 Å². The molecule has 0 atom stereocenters. The molecule has 1 aliphatic carbocycles. The van der Waals surface area contributed by atoms with Gasteiger partial charge in [0, 0.05) is 71.5 Å². The Morgan fingerprint density at radius 1 is 0.333 bits per heavy atom. The van der Waals surface area contributed by atoms with Crippen LogP contribution in [0.1, 0.15) is 25.0 Å². The zero-order valence-electron chi connectivity index (χ0n) is 29.7. The fourth-order valence-corrected chi connectivity index (χ4v) is 13.0. The van der Waals surface area contributed by atoms with Crippen molar-refractivity contribution in [3.05, 3.63) is 169 Å². The quantitative estimate of drug-likeness (QED) is 0.169. The molecule has 0 N–H and O–H groups in total. The van der Waals surface area contributed by atoms with Crippen LogP contribution < -0.4 is 0 Å². The van der Waals surface area contributed by atoms with Gasteiger partial charge >= 0.3 is 0 Å². The molecule has 254 valence electrons. The highest BCUT2D eigenvalue weighted by atomic mass is 32.1. The molecule has 3 heterocycles. The summed E-state index contributed by atoms with van der Waals surface area (Å²) in [5.74, 6) is 0. The molecule has 11 aromatic rings. The molecule has 0 unspecified atom stereocenters. The molecule has 3 aromatic heterocycles. The van der Waals surface area contributed by atoms with Gasteiger partial charge in [-0.05, 0) is 92.5 Å². The first kappa shape index (κ1) is 30.8. The van der Waals surface area contributed by atoms with Crippen LogP contribution in [0.3, 0.4) is 0 Å². The largest absolute Gasteiger partial charge is 0.135 e. The summed E-state index contributed by atoms with van der Waals surface area (Å²) in [6, 6.07) is 59.6. The Morgan fingerprint density at radius 2 is 0.796 bits per heavy atom. The molecule has 0 saturated carbocycles. The molecule has 0 bridgehead atoms. The Morgan fingerprint density at radius 3 is 1.37 bits per heavy atom. The SMILES string of the molecule is CC1(C)c2ccc(-c3cc(-c4cccc5c4sc4ccccc45)cc(-c4cccc5c4sc4ccccc45)c3)cc2-c2c1ccc1c2sc2ccccc21. The fraction of sp³-hybridized carbons (Fsp3) is 0.0588. The Bertz CT molecular complexity index is 3230. The molecule has 0 fully saturated rings. The predicted molar refractivity (Wildman–Crippen MR) is 239 cm³/mol. The van der Waals surface area contributed by atoms with Crippen LogP contribution >= 0.6 is 34.0 Å². The summed E-state index contributed by atoms with van der Waals surface area (Å²) in [5, 5.41) is 8.04. The Hall–Kier alpha value is -5.58. The average molecular weight is 741 g/mol. The molecular weight excluding hydrogens is 709 g/mol. The van der Waals surface area contributed by atoms with E-state index in [1.165, 1.54) is 116 Å². The maximum Gasteiger partial charge on any atom is 0.0437 e. The summed E-state index contributed by atoms with van der Waals surface area (Å²) in [7, 11) is 0. The van der Waals surface area contributed by atoms with Crippen molar-refractivity contribution < 1.29 is 0 Å². The molecule has 0 amide bonds. The highest BCUT2D eigenvalue weighted by molar-refractivity contribution is 7.27. The lowest BCUT2D eigenvalue weighted by Crippen LogP contribution is -2.14. The second kappa shape index (κ2) is 11.2. The van der Waals surface area contributed by atoms with Gasteiger partial charge in [-0.15, -0.1) is 34.0 Å². The fourth-order valence-electron chi connectivity index (χ4n) is 9.25. The maximum atomic E-state index is 2.50. The third kappa shape index (κ3) is 4.29. The lowest BCUT2D eigenvalue weighted by Gasteiger charge is -2.21. The first-order valence-corrected chi connectivity index (χ1v) is 21.0. The van der Waals surface area contributed by atoms with E-state index in [2.05, 4.69) is 172 Å². The monoisotopic (exact) mass is 740 g/mol. The van der Waals surface area contributed by atoms with E-state index in [0.29, 0.717) is 0 Å². The van der Waals surface area contributed by atoms with Crippen molar-refractivity contribution in [3.63, 3.8) is 0 Å². The number of rotatable bonds is 3. The number of benzene rings is 8. The van der Waals surface area contributed by atoms with Crippen molar-refractivity contribution >= 4 is 94.5 Å². The van der Waals surface area contributed by atoms with Gasteiger partial charge in [0.05, 0.1) is 0 Å². The summed E-state index contributed by atoms with van der Waals surface area (Å²) in [4.78, 5) is 0. The van der Waals surface area contributed by atoms with Crippen LogP contribution in [-0.4, -0.2) is 0 Å². The minimum absolute atomic E-state index is 0.0752. The summed E-state index contributed by atoms with van der Waals surface area (Å²) in [6.07, 6.45) is 0. The second-order valence-corrected chi connectivity index (χ2v) is 18.4. The predicted octanol–water partition coefficient (Wildman–Crippen LogP) is 16.1. The molecule has 0 nitrogen and oxygen atoms in total. The van der Waals surface area contributed by atoms with E-state index >= 15 is 0 Å². The molecule has 12 rings (SSSR count). The van der Waals surface area contributed by atoms with Gasteiger partial charge in [-0.1, -0.05) is 129 Å². The summed E-state index contributed by atoms with van der Waals surface area (Å²) in [5.41, 5.74) is 13.1. The molecular formula is C51H32S3.